The smallest absolute Gasteiger partial charge is 0.248 e. The van der Waals surface area contributed by atoms with Crippen molar-refractivity contribution in [1.29, 1.82) is 0 Å². The van der Waals surface area contributed by atoms with Crippen LogP contribution in [0.3, 0.4) is 0 Å². The molecule has 7 nitrogen and oxygen atoms in total. The summed E-state index contributed by atoms with van der Waals surface area (Å²) < 4.78 is 2.71. The number of carbonyl (C=O) groups excluding carboxylic acids is 2. The van der Waals surface area contributed by atoms with Crippen LogP contribution in [-0.4, -0.2) is 44.6 Å². The number of hydrogen-bond donors (Lipinski definition) is 1. The van der Waals surface area contributed by atoms with Crippen LogP contribution in [0.2, 0.25) is 0 Å². The normalized spacial score (nSPS) is 19.7. The van der Waals surface area contributed by atoms with Crippen LogP contribution in [0, 0.1) is 11.8 Å². The summed E-state index contributed by atoms with van der Waals surface area (Å²) in [6.07, 6.45) is 5.25. The Morgan fingerprint density at radius 1 is 1.22 bits per heavy atom. The lowest BCUT2D eigenvalue weighted by molar-refractivity contribution is -0.135. The maximum atomic E-state index is 12.6. The summed E-state index contributed by atoms with van der Waals surface area (Å²) in [5, 5.41) is 7.14. The summed E-state index contributed by atoms with van der Waals surface area (Å²) in [4.78, 5) is 30.9. The zero-order valence-corrected chi connectivity index (χ0v) is 16.6. The Labute approximate surface area is 166 Å². The van der Waals surface area contributed by atoms with Crippen molar-refractivity contribution in [2.75, 3.05) is 18.4 Å². The first-order chi connectivity index (χ1) is 13.1. The first kappa shape index (κ1) is 18.2. The number of anilines is 1. The van der Waals surface area contributed by atoms with Gasteiger partial charge >= 0.3 is 0 Å². The SMILES string of the molecule is O=C(Nc1ncn(Cc2cccc(Br)c2)n1)C1CCCN(C(=O)C2CC2)C1. The third-order valence-electron chi connectivity index (χ3n) is 5.04. The molecule has 0 radical (unpaired) electrons. The topological polar surface area (TPSA) is 80.1 Å². The van der Waals surface area contributed by atoms with Crippen LogP contribution >= 0.6 is 15.9 Å². The summed E-state index contributed by atoms with van der Waals surface area (Å²) in [5.41, 5.74) is 1.09. The molecule has 1 N–H and O–H groups in total. The summed E-state index contributed by atoms with van der Waals surface area (Å²) in [6.45, 7) is 1.84. The monoisotopic (exact) mass is 431 g/mol. The summed E-state index contributed by atoms with van der Waals surface area (Å²) in [5.74, 6) is 0.411. The number of nitrogens with one attached hydrogen (secondary N) is 1. The Balaban J connectivity index is 1.34. The standard InChI is InChI=1S/C19H22BrN5O2/c20-16-5-1-3-13(9-16)10-25-12-21-19(23-25)22-17(26)15-4-2-8-24(11-15)18(27)14-6-7-14/h1,3,5,9,12,14-15H,2,4,6-8,10-11H2,(H,22,23,26). The minimum absolute atomic E-state index is 0.108. The minimum atomic E-state index is -0.196. The molecular formula is C19H22BrN5O2. The Kier molecular flexibility index (Phi) is 5.24. The molecule has 1 aliphatic carbocycles. The van der Waals surface area contributed by atoms with Crippen molar-refractivity contribution in [2.24, 2.45) is 11.8 Å². The maximum absolute atomic E-state index is 12.6. The van der Waals surface area contributed by atoms with Crippen LogP contribution in [0.1, 0.15) is 31.2 Å². The Morgan fingerprint density at radius 3 is 2.85 bits per heavy atom. The lowest BCUT2D eigenvalue weighted by Gasteiger charge is -2.32. The van der Waals surface area contributed by atoms with Crippen molar-refractivity contribution in [1.82, 2.24) is 19.7 Å². The number of nitrogens with zero attached hydrogens (tertiary/aromatic N) is 4. The first-order valence-corrected chi connectivity index (χ1v) is 10.1. The number of benzene rings is 1. The Hall–Kier alpha value is -2.22. The number of likely N-dealkylation sites (tertiary alicyclic amines) is 1. The quantitative estimate of drug-likeness (QED) is 0.788. The van der Waals surface area contributed by atoms with Gasteiger partial charge in [0.1, 0.15) is 6.33 Å². The van der Waals surface area contributed by atoms with E-state index in [0.717, 1.165) is 42.3 Å². The molecule has 1 saturated carbocycles. The first-order valence-electron chi connectivity index (χ1n) is 9.32. The van der Waals surface area contributed by atoms with E-state index < -0.39 is 0 Å². The van der Waals surface area contributed by atoms with Gasteiger partial charge in [-0.25, -0.2) is 9.67 Å². The fourth-order valence-electron chi connectivity index (χ4n) is 3.44. The van der Waals surface area contributed by atoms with Gasteiger partial charge in [0.25, 0.3) is 0 Å². The zero-order valence-electron chi connectivity index (χ0n) is 15.0. The molecule has 2 fully saturated rings. The molecule has 1 unspecified atom stereocenters. The molecule has 27 heavy (non-hydrogen) atoms. The number of halogens is 1. The van der Waals surface area contributed by atoms with Gasteiger partial charge in [-0.3, -0.25) is 14.9 Å². The molecule has 0 spiro atoms. The minimum Gasteiger partial charge on any atom is -0.342 e. The van der Waals surface area contributed by atoms with E-state index in [9.17, 15) is 9.59 Å². The molecule has 2 aliphatic rings. The second kappa shape index (κ2) is 7.80. The number of aromatic nitrogens is 3. The van der Waals surface area contributed by atoms with Crippen molar-refractivity contribution in [3.63, 3.8) is 0 Å². The van der Waals surface area contributed by atoms with E-state index >= 15 is 0 Å². The van der Waals surface area contributed by atoms with E-state index in [2.05, 4.69) is 31.3 Å². The van der Waals surface area contributed by atoms with E-state index in [-0.39, 0.29) is 23.7 Å². The number of hydrogen-bond acceptors (Lipinski definition) is 4. The van der Waals surface area contributed by atoms with Crippen LogP contribution in [0.25, 0.3) is 0 Å². The van der Waals surface area contributed by atoms with Gasteiger partial charge in [0.2, 0.25) is 17.8 Å². The van der Waals surface area contributed by atoms with Crippen molar-refractivity contribution in [3.8, 4) is 0 Å². The predicted molar refractivity (Wildman–Crippen MR) is 104 cm³/mol. The molecule has 2 aromatic rings. The summed E-state index contributed by atoms with van der Waals surface area (Å²) >= 11 is 3.45. The highest BCUT2D eigenvalue weighted by Gasteiger charge is 2.36. The van der Waals surface area contributed by atoms with Crippen LogP contribution in [0.15, 0.2) is 35.1 Å². The highest BCUT2D eigenvalue weighted by Crippen LogP contribution is 2.32. The van der Waals surface area contributed by atoms with Gasteiger partial charge in [0.15, 0.2) is 0 Å². The van der Waals surface area contributed by atoms with E-state index in [1.165, 1.54) is 0 Å². The molecule has 142 valence electrons. The number of rotatable bonds is 5. The molecular weight excluding hydrogens is 410 g/mol. The fraction of sp³-hybridized carbons (Fsp3) is 0.474. The molecule has 2 heterocycles. The number of carbonyl (C=O) groups is 2. The second-order valence-corrected chi connectivity index (χ2v) is 8.20. The lowest BCUT2D eigenvalue weighted by atomic mass is 9.97. The van der Waals surface area contributed by atoms with Gasteiger partial charge in [-0.1, -0.05) is 28.1 Å². The molecule has 1 atom stereocenters. The van der Waals surface area contributed by atoms with Crippen LogP contribution in [0.4, 0.5) is 5.95 Å². The van der Waals surface area contributed by atoms with E-state index in [4.69, 9.17) is 0 Å². The van der Waals surface area contributed by atoms with E-state index in [0.29, 0.717) is 19.0 Å². The zero-order chi connectivity index (χ0) is 18.8. The van der Waals surface area contributed by atoms with Crippen LogP contribution in [-0.2, 0) is 16.1 Å². The van der Waals surface area contributed by atoms with Gasteiger partial charge in [0.05, 0.1) is 12.5 Å². The fourth-order valence-corrected chi connectivity index (χ4v) is 3.89. The van der Waals surface area contributed by atoms with E-state index in [1.54, 1.807) is 11.0 Å². The van der Waals surface area contributed by atoms with Gasteiger partial charge in [-0.15, -0.1) is 5.10 Å². The van der Waals surface area contributed by atoms with Gasteiger partial charge in [-0.2, -0.15) is 0 Å². The molecule has 1 saturated heterocycles. The Bertz CT molecular complexity index is 848. The van der Waals surface area contributed by atoms with Gasteiger partial charge in [-0.05, 0) is 43.4 Å². The average Bonchev–Trinajstić information content (AvgIpc) is 3.43. The van der Waals surface area contributed by atoms with Crippen LogP contribution in [0.5, 0.6) is 0 Å². The molecule has 1 aromatic heterocycles. The van der Waals surface area contributed by atoms with Gasteiger partial charge in [0, 0.05) is 23.5 Å². The highest BCUT2D eigenvalue weighted by atomic mass is 79.9. The second-order valence-electron chi connectivity index (χ2n) is 7.28. The van der Waals surface area contributed by atoms with Crippen LogP contribution < -0.4 is 5.32 Å². The molecule has 4 rings (SSSR count). The summed E-state index contributed by atoms with van der Waals surface area (Å²) in [7, 11) is 0. The molecule has 0 bridgehead atoms. The Morgan fingerprint density at radius 2 is 2.07 bits per heavy atom. The maximum Gasteiger partial charge on any atom is 0.248 e. The van der Waals surface area contributed by atoms with Crippen molar-refractivity contribution in [3.05, 3.63) is 40.6 Å². The number of piperidine rings is 1. The van der Waals surface area contributed by atoms with Crippen molar-refractivity contribution >= 4 is 33.7 Å². The van der Waals surface area contributed by atoms with Gasteiger partial charge < -0.3 is 4.90 Å². The molecule has 2 amide bonds. The lowest BCUT2D eigenvalue weighted by Crippen LogP contribution is -2.44. The molecule has 1 aliphatic heterocycles. The number of amides is 2. The highest BCUT2D eigenvalue weighted by molar-refractivity contribution is 9.10. The molecule has 1 aromatic carbocycles. The third-order valence-corrected chi connectivity index (χ3v) is 5.53. The van der Waals surface area contributed by atoms with E-state index in [1.807, 2.05) is 29.2 Å². The van der Waals surface area contributed by atoms with Crippen molar-refractivity contribution in [2.45, 2.75) is 32.2 Å². The predicted octanol–water partition coefficient (Wildman–Crippen LogP) is 2.68. The molecule has 8 heteroatoms. The largest absolute Gasteiger partial charge is 0.342 e. The summed E-state index contributed by atoms with van der Waals surface area (Å²) in [6, 6.07) is 7.97. The third kappa shape index (κ3) is 4.55. The van der Waals surface area contributed by atoms with Crippen molar-refractivity contribution < 1.29 is 9.59 Å². The average molecular weight is 432 g/mol.